The number of hydrogen-bond donors (Lipinski definition) is 0. The van der Waals surface area contributed by atoms with E-state index in [-0.39, 0.29) is 17.1 Å². The second kappa shape index (κ2) is 5.67. The molecule has 1 heterocycles. The molecule has 0 unspecified atom stereocenters. The summed E-state index contributed by atoms with van der Waals surface area (Å²) in [5.41, 5.74) is 0.862. The Balaban J connectivity index is 2.23. The molecular weight excluding hydrogens is 284 g/mol. The summed E-state index contributed by atoms with van der Waals surface area (Å²) in [4.78, 5) is 27.0. The van der Waals surface area contributed by atoms with Crippen LogP contribution in [0.15, 0.2) is 34.4 Å². The zero-order valence-electron chi connectivity index (χ0n) is 13.0. The third-order valence-electron chi connectivity index (χ3n) is 3.10. The highest BCUT2D eigenvalue weighted by Gasteiger charge is 2.33. The van der Waals surface area contributed by atoms with Crippen LogP contribution in [0.4, 0.5) is 11.4 Å². The Kier molecular flexibility index (Phi) is 4.07. The first-order valence-corrected chi connectivity index (χ1v) is 6.88. The number of benzene rings is 1. The molecule has 0 fully saturated rings. The maximum atomic E-state index is 12.4. The molecule has 0 spiro atoms. The van der Waals surface area contributed by atoms with E-state index in [9.17, 15) is 14.9 Å². The minimum Gasteiger partial charge on any atom is -0.291 e. The molecule has 116 valence electrons. The van der Waals surface area contributed by atoms with Crippen LogP contribution < -0.4 is 5.01 Å². The fourth-order valence-electron chi connectivity index (χ4n) is 1.95. The normalized spacial score (nSPS) is 18.9. The number of hydrazone groups is 1. The fraction of sp³-hybridized carbons (Fsp3) is 0.400. The summed E-state index contributed by atoms with van der Waals surface area (Å²) in [6.07, 6.45) is 1.62. The number of rotatable bonds is 3. The van der Waals surface area contributed by atoms with Crippen LogP contribution in [0.1, 0.15) is 27.7 Å². The van der Waals surface area contributed by atoms with Crippen molar-refractivity contribution >= 4 is 29.2 Å². The maximum Gasteiger partial charge on any atom is 0.269 e. The van der Waals surface area contributed by atoms with Crippen molar-refractivity contribution in [2.75, 3.05) is 5.01 Å². The SMILES string of the molecule is CC1=NN(c2ccc([N+](=O)[O-])cc2)C(=O)[C@H]1C=NC(C)(C)C. The lowest BCUT2D eigenvalue weighted by molar-refractivity contribution is -0.384. The Morgan fingerprint density at radius 2 is 1.91 bits per heavy atom. The zero-order valence-corrected chi connectivity index (χ0v) is 13.0. The highest BCUT2D eigenvalue weighted by Crippen LogP contribution is 2.25. The molecule has 2 rings (SSSR count). The predicted molar refractivity (Wildman–Crippen MR) is 85.4 cm³/mol. The second-order valence-electron chi connectivity index (χ2n) is 6.09. The summed E-state index contributed by atoms with van der Waals surface area (Å²) in [6, 6.07) is 5.72. The van der Waals surface area contributed by atoms with Gasteiger partial charge in [0, 0.05) is 18.3 Å². The third kappa shape index (κ3) is 3.36. The highest BCUT2D eigenvalue weighted by molar-refractivity contribution is 6.23. The molecule has 7 nitrogen and oxygen atoms in total. The van der Waals surface area contributed by atoms with Crippen molar-refractivity contribution < 1.29 is 9.72 Å². The van der Waals surface area contributed by atoms with Crippen molar-refractivity contribution in [2.45, 2.75) is 33.2 Å². The molecule has 0 aliphatic carbocycles. The molecule has 1 aliphatic rings. The minimum absolute atomic E-state index is 0.0260. The Morgan fingerprint density at radius 3 is 2.41 bits per heavy atom. The maximum absolute atomic E-state index is 12.4. The van der Waals surface area contributed by atoms with Crippen molar-refractivity contribution in [1.82, 2.24) is 0 Å². The molecule has 1 aromatic carbocycles. The summed E-state index contributed by atoms with van der Waals surface area (Å²) in [6.45, 7) is 7.61. The molecule has 1 aliphatic heterocycles. The van der Waals surface area contributed by atoms with Crippen molar-refractivity contribution in [1.29, 1.82) is 0 Å². The quantitative estimate of drug-likeness (QED) is 0.488. The van der Waals surface area contributed by atoms with Crippen LogP contribution in [0.25, 0.3) is 0 Å². The van der Waals surface area contributed by atoms with Gasteiger partial charge in [0.15, 0.2) is 0 Å². The average molecular weight is 302 g/mol. The minimum atomic E-state index is -0.491. The van der Waals surface area contributed by atoms with Gasteiger partial charge in [0.25, 0.3) is 11.6 Å². The molecule has 0 N–H and O–H groups in total. The number of nitrogens with zero attached hydrogens (tertiary/aromatic N) is 4. The van der Waals surface area contributed by atoms with Gasteiger partial charge in [-0.2, -0.15) is 10.1 Å². The first kappa shape index (κ1) is 15.8. The molecular formula is C15H18N4O3. The number of aliphatic imine (C=N–C) groups is 1. The molecule has 1 aromatic rings. The van der Waals surface area contributed by atoms with Crippen LogP contribution in [-0.4, -0.2) is 28.3 Å². The Labute approximate surface area is 128 Å². The van der Waals surface area contributed by atoms with Crippen molar-refractivity contribution in [3.05, 3.63) is 34.4 Å². The van der Waals surface area contributed by atoms with Crippen molar-refractivity contribution in [3.8, 4) is 0 Å². The molecule has 0 saturated carbocycles. The van der Waals surface area contributed by atoms with E-state index >= 15 is 0 Å². The smallest absolute Gasteiger partial charge is 0.269 e. The average Bonchev–Trinajstić information content (AvgIpc) is 2.71. The van der Waals surface area contributed by atoms with Gasteiger partial charge in [-0.3, -0.25) is 19.9 Å². The van der Waals surface area contributed by atoms with Crippen LogP contribution in [0.5, 0.6) is 0 Å². The summed E-state index contributed by atoms with van der Waals surface area (Å²) in [5.74, 6) is -0.700. The van der Waals surface area contributed by atoms with Gasteiger partial charge in [-0.15, -0.1) is 0 Å². The summed E-state index contributed by atoms with van der Waals surface area (Å²) in [5, 5.41) is 16.2. The Hall–Kier alpha value is -2.57. The van der Waals surface area contributed by atoms with E-state index in [4.69, 9.17) is 0 Å². The van der Waals surface area contributed by atoms with Crippen LogP contribution >= 0.6 is 0 Å². The number of nitro groups is 1. The first-order valence-electron chi connectivity index (χ1n) is 6.88. The van der Waals surface area contributed by atoms with Gasteiger partial charge in [-0.05, 0) is 39.8 Å². The van der Waals surface area contributed by atoms with E-state index in [1.54, 1.807) is 13.1 Å². The van der Waals surface area contributed by atoms with Crippen LogP contribution in [0.3, 0.4) is 0 Å². The van der Waals surface area contributed by atoms with Crippen molar-refractivity contribution in [3.63, 3.8) is 0 Å². The van der Waals surface area contributed by atoms with E-state index in [1.807, 2.05) is 20.8 Å². The molecule has 1 atom stereocenters. The number of hydrogen-bond acceptors (Lipinski definition) is 5. The summed E-state index contributed by atoms with van der Waals surface area (Å²) >= 11 is 0. The van der Waals surface area contributed by atoms with E-state index in [0.29, 0.717) is 11.4 Å². The van der Waals surface area contributed by atoms with E-state index in [0.717, 1.165) is 0 Å². The lowest BCUT2D eigenvalue weighted by Gasteiger charge is -2.14. The van der Waals surface area contributed by atoms with E-state index in [1.165, 1.54) is 29.3 Å². The van der Waals surface area contributed by atoms with E-state index < -0.39 is 10.8 Å². The van der Waals surface area contributed by atoms with Crippen LogP contribution in [-0.2, 0) is 4.79 Å². The Bertz CT molecular complexity index is 656. The van der Waals surface area contributed by atoms with Crippen molar-refractivity contribution in [2.24, 2.45) is 16.0 Å². The predicted octanol–water partition coefficient (Wildman–Crippen LogP) is 2.80. The standard InChI is InChI=1S/C15H18N4O3/c1-10-13(9-16-15(2,3)4)14(20)18(17-10)11-5-7-12(8-6-11)19(21)22/h5-9,13H,1-4H3/t13-/m0/s1. The van der Waals surface area contributed by atoms with Crippen LogP contribution in [0, 0.1) is 16.0 Å². The monoisotopic (exact) mass is 302 g/mol. The molecule has 0 radical (unpaired) electrons. The van der Waals surface area contributed by atoms with Crippen LogP contribution in [0.2, 0.25) is 0 Å². The fourth-order valence-corrected chi connectivity index (χ4v) is 1.95. The summed E-state index contributed by atoms with van der Waals surface area (Å²) < 4.78 is 0. The van der Waals surface area contributed by atoms with Gasteiger partial charge in [0.2, 0.25) is 0 Å². The number of carbonyl (C=O) groups is 1. The van der Waals surface area contributed by atoms with Gasteiger partial charge in [-0.25, -0.2) is 0 Å². The van der Waals surface area contributed by atoms with Gasteiger partial charge >= 0.3 is 0 Å². The van der Waals surface area contributed by atoms with Gasteiger partial charge in [0.1, 0.15) is 5.92 Å². The van der Waals surface area contributed by atoms with Gasteiger partial charge < -0.3 is 0 Å². The van der Waals surface area contributed by atoms with Gasteiger partial charge in [0.05, 0.1) is 21.9 Å². The lowest BCUT2D eigenvalue weighted by atomic mass is 10.0. The summed E-state index contributed by atoms with van der Waals surface area (Å²) in [7, 11) is 0. The van der Waals surface area contributed by atoms with E-state index in [2.05, 4.69) is 10.1 Å². The zero-order chi connectivity index (χ0) is 16.5. The highest BCUT2D eigenvalue weighted by atomic mass is 16.6. The molecule has 22 heavy (non-hydrogen) atoms. The topological polar surface area (TPSA) is 88.2 Å². The molecule has 0 aromatic heterocycles. The lowest BCUT2D eigenvalue weighted by Crippen LogP contribution is -2.28. The molecule has 0 bridgehead atoms. The number of amides is 1. The molecule has 0 saturated heterocycles. The largest absolute Gasteiger partial charge is 0.291 e. The number of nitro benzene ring substituents is 1. The number of anilines is 1. The first-order chi connectivity index (χ1) is 10.2. The van der Waals surface area contributed by atoms with Gasteiger partial charge in [-0.1, -0.05) is 0 Å². The third-order valence-corrected chi connectivity index (χ3v) is 3.10. The second-order valence-corrected chi connectivity index (χ2v) is 6.09. The Morgan fingerprint density at radius 1 is 1.32 bits per heavy atom. The number of carbonyl (C=O) groups excluding carboxylic acids is 1. The molecule has 1 amide bonds. The molecule has 7 heteroatoms. The number of non-ortho nitro benzene ring substituents is 1.